The summed E-state index contributed by atoms with van der Waals surface area (Å²) in [4.78, 5) is 12.0. The summed E-state index contributed by atoms with van der Waals surface area (Å²) in [5.74, 6) is 0.700. The maximum absolute atomic E-state index is 13.3. The van der Waals surface area contributed by atoms with Gasteiger partial charge in [0.15, 0.2) is 10.8 Å². The van der Waals surface area contributed by atoms with Gasteiger partial charge >= 0.3 is 6.18 Å². The molecule has 0 saturated carbocycles. The van der Waals surface area contributed by atoms with Crippen molar-refractivity contribution in [3.8, 4) is 0 Å². The van der Waals surface area contributed by atoms with Crippen LogP contribution >= 0.6 is 12.2 Å². The predicted molar refractivity (Wildman–Crippen MR) is 109 cm³/mol. The molecule has 2 saturated heterocycles. The van der Waals surface area contributed by atoms with Crippen molar-refractivity contribution in [1.29, 1.82) is 0 Å². The van der Waals surface area contributed by atoms with E-state index in [-0.39, 0.29) is 16.9 Å². The number of piperidine rings is 1. The minimum Gasteiger partial charge on any atom is -0.379 e. The molecule has 2 N–H and O–H groups in total. The van der Waals surface area contributed by atoms with E-state index in [2.05, 4.69) is 32.4 Å². The van der Waals surface area contributed by atoms with Crippen LogP contribution in [-0.4, -0.2) is 72.5 Å². The van der Waals surface area contributed by atoms with E-state index in [9.17, 15) is 13.2 Å². The third-order valence-corrected chi connectivity index (χ3v) is 5.40. The smallest absolute Gasteiger partial charge is 0.379 e. The molecule has 0 spiro atoms. The van der Waals surface area contributed by atoms with Gasteiger partial charge in [-0.2, -0.15) is 18.2 Å². The highest BCUT2D eigenvalue weighted by Gasteiger charge is 2.34. The highest BCUT2D eigenvalue weighted by molar-refractivity contribution is 7.80. The summed E-state index contributed by atoms with van der Waals surface area (Å²) >= 11 is 5.21. The fourth-order valence-electron chi connectivity index (χ4n) is 3.33. The van der Waals surface area contributed by atoms with Gasteiger partial charge in [-0.15, -0.1) is 0 Å². The van der Waals surface area contributed by atoms with E-state index in [0.29, 0.717) is 38.8 Å². The van der Waals surface area contributed by atoms with Crippen LogP contribution in [0.3, 0.4) is 0 Å². The number of hydrogen-bond donors (Lipinski definition) is 2. The van der Waals surface area contributed by atoms with Crippen LogP contribution in [0.25, 0.3) is 0 Å². The van der Waals surface area contributed by atoms with Gasteiger partial charge in [0.05, 0.1) is 13.2 Å². The van der Waals surface area contributed by atoms with Crippen molar-refractivity contribution in [2.75, 3.05) is 62.7 Å². The van der Waals surface area contributed by atoms with E-state index in [4.69, 9.17) is 17.0 Å². The Bertz CT molecular complexity index is 691. The number of halogens is 3. The average molecular weight is 433 g/mol. The first-order valence-corrected chi connectivity index (χ1v) is 10.3. The Balaban J connectivity index is 1.62. The largest absolute Gasteiger partial charge is 0.433 e. The molecule has 1 aromatic heterocycles. The van der Waals surface area contributed by atoms with E-state index in [1.807, 2.05) is 4.90 Å². The normalized spacial score (nSPS) is 19.2. The predicted octanol–water partition coefficient (Wildman–Crippen LogP) is 2.35. The number of aromatic nitrogens is 2. The van der Waals surface area contributed by atoms with Crippen LogP contribution in [-0.2, 0) is 10.9 Å². The van der Waals surface area contributed by atoms with E-state index in [1.54, 1.807) is 0 Å². The quantitative estimate of drug-likeness (QED) is 0.688. The molecule has 0 radical (unpaired) electrons. The van der Waals surface area contributed by atoms with Crippen LogP contribution in [0.2, 0.25) is 0 Å². The molecule has 0 atom stereocenters. The topological polar surface area (TPSA) is 65.6 Å². The summed E-state index contributed by atoms with van der Waals surface area (Å²) in [5, 5.41) is 5.92. The van der Waals surface area contributed by atoms with E-state index in [1.165, 1.54) is 0 Å². The van der Waals surface area contributed by atoms with Gasteiger partial charge in [0.2, 0.25) is 5.95 Å². The molecule has 3 rings (SSSR count). The Morgan fingerprint density at radius 3 is 2.55 bits per heavy atom. The molecule has 0 unspecified atom stereocenters. The second-order valence-electron chi connectivity index (χ2n) is 7.44. The lowest BCUT2D eigenvalue weighted by Gasteiger charge is -2.31. The summed E-state index contributed by atoms with van der Waals surface area (Å²) in [5.41, 5.74) is -0.972. The maximum atomic E-state index is 13.3. The summed E-state index contributed by atoms with van der Waals surface area (Å²) in [6.45, 7) is 7.97. The van der Waals surface area contributed by atoms with Crippen molar-refractivity contribution >= 4 is 29.1 Å². The minimum absolute atomic E-state index is 0.141. The zero-order chi connectivity index (χ0) is 20.9. The Morgan fingerprint density at radius 2 is 1.90 bits per heavy atom. The van der Waals surface area contributed by atoms with Gasteiger partial charge in [-0.1, -0.05) is 6.92 Å². The number of alkyl halides is 3. The van der Waals surface area contributed by atoms with Crippen molar-refractivity contribution in [1.82, 2.24) is 20.2 Å². The van der Waals surface area contributed by atoms with Crippen LogP contribution in [0.15, 0.2) is 6.07 Å². The molecule has 0 aromatic carbocycles. The molecule has 2 aliphatic rings. The minimum atomic E-state index is -4.55. The van der Waals surface area contributed by atoms with Crippen LogP contribution in [0, 0.1) is 5.92 Å². The molecule has 2 aliphatic heterocycles. The molecule has 2 fully saturated rings. The molecule has 0 bridgehead atoms. The van der Waals surface area contributed by atoms with Crippen molar-refractivity contribution < 1.29 is 17.9 Å². The summed E-state index contributed by atoms with van der Waals surface area (Å²) in [7, 11) is 0. The third-order valence-electron chi connectivity index (χ3n) is 5.15. The molecular weight excluding hydrogens is 405 g/mol. The lowest BCUT2D eigenvalue weighted by molar-refractivity contribution is -0.141. The summed E-state index contributed by atoms with van der Waals surface area (Å²) in [6, 6.07) is 1.01. The van der Waals surface area contributed by atoms with Crippen molar-refractivity contribution in [2.24, 2.45) is 5.92 Å². The van der Waals surface area contributed by atoms with Gasteiger partial charge in [-0.25, -0.2) is 4.98 Å². The van der Waals surface area contributed by atoms with E-state index >= 15 is 0 Å². The van der Waals surface area contributed by atoms with Crippen LogP contribution in [0.4, 0.5) is 24.9 Å². The molecular formula is C18H27F3N6OS. The second-order valence-corrected chi connectivity index (χ2v) is 7.85. The number of nitrogens with one attached hydrogen (secondary N) is 2. The Kier molecular flexibility index (Phi) is 7.47. The highest BCUT2D eigenvalue weighted by atomic mass is 32.1. The maximum Gasteiger partial charge on any atom is 0.433 e. The molecule has 3 heterocycles. The second kappa shape index (κ2) is 9.86. The highest BCUT2D eigenvalue weighted by Crippen LogP contribution is 2.31. The Labute approximate surface area is 174 Å². The fourth-order valence-corrected chi connectivity index (χ4v) is 3.53. The summed E-state index contributed by atoms with van der Waals surface area (Å²) < 4.78 is 45.3. The first-order chi connectivity index (χ1) is 13.8. The lowest BCUT2D eigenvalue weighted by atomic mass is 9.99. The zero-order valence-electron chi connectivity index (χ0n) is 16.5. The van der Waals surface area contributed by atoms with Crippen molar-refractivity contribution in [2.45, 2.75) is 25.9 Å². The first kappa shape index (κ1) is 22.0. The average Bonchev–Trinajstić information content (AvgIpc) is 2.68. The number of nitrogens with zero attached hydrogens (tertiary/aromatic N) is 4. The van der Waals surface area contributed by atoms with E-state index < -0.39 is 11.9 Å². The third kappa shape index (κ3) is 6.65. The lowest BCUT2D eigenvalue weighted by Crippen LogP contribution is -2.42. The Hall–Kier alpha value is -1.72. The zero-order valence-corrected chi connectivity index (χ0v) is 17.3. The molecule has 0 aliphatic carbocycles. The van der Waals surface area contributed by atoms with Gasteiger partial charge in [-0.05, 0) is 31.0 Å². The molecule has 0 amide bonds. The van der Waals surface area contributed by atoms with Crippen molar-refractivity contribution in [3.05, 3.63) is 11.8 Å². The number of rotatable bonds is 5. The SMILES string of the molecule is CC1CCN(c2cc(C(F)(F)F)nc(NC(=S)NCCN3CCOCC3)n2)CC1. The molecule has 7 nitrogen and oxygen atoms in total. The molecule has 11 heteroatoms. The molecule has 162 valence electrons. The van der Waals surface area contributed by atoms with Gasteiger partial charge in [0.25, 0.3) is 0 Å². The standard InChI is InChI=1S/C18H27F3N6OS/c1-13-2-5-27(6-3-13)15-12-14(18(19,20)21)23-16(24-15)25-17(29)22-4-7-26-8-10-28-11-9-26/h12-13H,2-11H2,1H3,(H2,22,23,24,25,29). The summed E-state index contributed by atoms with van der Waals surface area (Å²) in [6.07, 6.45) is -2.70. The number of morpholine rings is 1. The monoisotopic (exact) mass is 432 g/mol. The fraction of sp³-hybridized carbons (Fsp3) is 0.722. The van der Waals surface area contributed by atoms with Gasteiger partial charge in [0.1, 0.15) is 5.82 Å². The number of anilines is 2. The number of thiocarbonyl (C=S) groups is 1. The van der Waals surface area contributed by atoms with Crippen molar-refractivity contribution in [3.63, 3.8) is 0 Å². The Morgan fingerprint density at radius 1 is 1.21 bits per heavy atom. The molecule has 29 heavy (non-hydrogen) atoms. The van der Waals surface area contributed by atoms with Gasteiger partial charge in [0, 0.05) is 45.3 Å². The van der Waals surface area contributed by atoms with E-state index in [0.717, 1.165) is 38.5 Å². The molecule has 1 aromatic rings. The first-order valence-electron chi connectivity index (χ1n) is 9.87. The van der Waals surface area contributed by atoms with Crippen LogP contribution in [0.1, 0.15) is 25.5 Å². The number of ether oxygens (including phenoxy) is 1. The van der Waals surface area contributed by atoms with Crippen LogP contribution < -0.4 is 15.5 Å². The van der Waals surface area contributed by atoms with Crippen LogP contribution in [0.5, 0.6) is 0 Å². The van der Waals surface area contributed by atoms with Gasteiger partial charge < -0.3 is 20.3 Å². The number of hydrogen-bond acceptors (Lipinski definition) is 6. The van der Waals surface area contributed by atoms with Gasteiger partial charge in [-0.3, -0.25) is 4.90 Å².